The van der Waals surface area contributed by atoms with E-state index in [1.165, 1.54) is 17.4 Å². The highest BCUT2D eigenvalue weighted by Crippen LogP contribution is 2.18. The van der Waals surface area contributed by atoms with Crippen molar-refractivity contribution in [2.24, 2.45) is 4.99 Å². The fourth-order valence-electron chi connectivity index (χ4n) is 2.92. The molecule has 1 N–H and O–H groups in total. The fraction of sp³-hybridized carbons (Fsp3) is 0.444. The van der Waals surface area contributed by atoms with Crippen LogP contribution >= 0.6 is 11.3 Å². The number of amidine groups is 1. The van der Waals surface area contributed by atoms with Crippen LogP contribution in [0.1, 0.15) is 11.9 Å². The van der Waals surface area contributed by atoms with Crippen LogP contribution in [0.2, 0.25) is 0 Å². The lowest BCUT2D eigenvalue weighted by Crippen LogP contribution is -2.48. The molecule has 144 valence electrons. The number of morpholine rings is 1. The number of nitrogens with zero attached hydrogens (tertiary/aromatic N) is 3. The molecule has 1 saturated heterocycles. The van der Waals surface area contributed by atoms with Crippen molar-refractivity contribution in [3.63, 3.8) is 0 Å². The lowest BCUT2D eigenvalue weighted by molar-refractivity contribution is -0.138. The van der Waals surface area contributed by atoms with Crippen LogP contribution in [0.4, 0.5) is 0 Å². The second-order valence-corrected chi connectivity index (χ2v) is 6.83. The summed E-state index contributed by atoms with van der Waals surface area (Å²) in [5, 5.41) is 5.92. The number of hydrogen-bond donors (Lipinski definition) is 1. The van der Waals surface area contributed by atoms with Crippen molar-refractivity contribution >= 4 is 29.4 Å². The maximum absolute atomic E-state index is 12.4. The number of nitrogens with one attached hydrogen (secondary N) is 1. The average Bonchev–Trinajstić information content (AvgIpc) is 3.22. The molecular weight excluding hydrogens is 368 g/mol. The van der Waals surface area contributed by atoms with Gasteiger partial charge in [-0.15, -0.1) is 11.3 Å². The third kappa shape index (κ3) is 4.88. The lowest BCUT2D eigenvalue weighted by atomic mass is 10.1. The molecule has 2 aliphatic rings. The number of aliphatic imine (C=N–C) groups is 1. The third-order valence-electron chi connectivity index (χ3n) is 4.24. The SMILES string of the molecule is CCOC(=O)C1=C(CN2CCOCC2/C=C/C=O)NC(c2nccs2)=NC1. The van der Waals surface area contributed by atoms with Crippen LogP contribution in [0.3, 0.4) is 0 Å². The summed E-state index contributed by atoms with van der Waals surface area (Å²) in [4.78, 5) is 34.0. The molecule has 3 rings (SSSR count). The van der Waals surface area contributed by atoms with Crippen molar-refractivity contribution in [2.75, 3.05) is 39.5 Å². The van der Waals surface area contributed by atoms with E-state index in [0.717, 1.165) is 17.0 Å². The maximum Gasteiger partial charge on any atom is 0.337 e. The normalized spacial score (nSPS) is 21.1. The first kappa shape index (κ1) is 19.4. The number of thiazole rings is 1. The molecule has 0 radical (unpaired) electrons. The minimum atomic E-state index is -0.366. The van der Waals surface area contributed by atoms with E-state index >= 15 is 0 Å². The van der Waals surface area contributed by atoms with Gasteiger partial charge in [-0.25, -0.2) is 9.78 Å². The van der Waals surface area contributed by atoms with Crippen LogP contribution in [0.15, 0.2) is 40.0 Å². The number of hydrogen-bond acceptors (Lipinski definition) is 9. The zero-order valence-corrected chi connectivity index (χ0v) is 15.9. The Kier molecular flexibility index (Phi) is 6.86. The minimum absolute atomic E-state index is 0.0381. The molecule has 0 bridgehead atoms. The second kappa shape index (κ2) is 9.54. The van der Waals surface area contributed by atoms with Crippen LogP contribution in [-0.2, 0) is 19.1 Å². The van der Waals surface area contributed by atoms with Crippen LogP contribution in [0.5, 0.6) is 0 Å². The topological polar surface area (TPSA) is 93.1 Å². The van der Waals surface area contributed by atoms with Crippen molar-refractivity contribution in [3.05, 3.63) is 40.0 Å². The van der Waals surface area contributed by atoms with Crippen LogP contribution in [0.25, 0.3) is 0 Å². The summed E-state index contributed by atoms with van der Waals surface area (Å²) in [7, 11) is 0. The summed E-state index contributed by atoms with van der Waals surface area (Å²) in [6.07, 6.45) is 5.76. The number of aldehydes is 1. The highest BCUT2D eigenvalue weighted by molar-refractivity contribution is 7.11. The van der Waals surface area contributed by atoms with Gasteiger partial charge in [0.05, 0.1) is 38.0 Å². The van der Waals surface area contributed by atoms with Gasteiger partial charge in [0.1, 0.15) is 6.29 Å². The van der Waals surface area contributed by atoms with E-state index in [2.05, 4.69) is 20.2 Å². The molecule has 0 aromatic carbocycles. The smallest absolute Gasteiger partial charge is 0.337 e. The molecule has 1 aromatic rings. The van der Waals surface area contributed by atoms with Gasteiger partial charge in [0, 0.05) is 30.4 Å². The van der Waals surface area contributed by atoms with Crippen molar-refractivity contribution in [2.45, 2.75) is 13.0 Å². The number of esters is 1. The number of carbonyl (C=O) groups excluding carboxylic acids is 2. The summed E-state index contributed by atoms with van der Waals surface area (Å²) < 4.78 is 10.7. The number of rotatable bonds is 7. The highest BCUT2D eigenvalue weighted by Gasteiger charge is 2.28. The number of allylic oxidation sites excluding steroid dienone is 1. The van der Waals surface area contributed by atoms with Crippen LogP contribution < -0.4 is 5.32 Å². The molecule has 1 aromatic heterocycles. The quantitative estimate of drug-likeness (QED) is 0.417. The molecular formula is C18H22N4O4S. The molecule has 9 heteroatoms. The van der Waals surface area contributed by atoms with Gasteiger partial charge in [0.2, 0.25) is 0 Å². The average molecular weight is 390 g/mol. The van der Waals surface area contributed by atoms with E-state index in [0.29, 0.717) is 44.3 Å². The zero-order chi connectivity index (χ0) is 19.1. The Balaban J connectivity index is 1.82. The molecule has 0 aliphatic carbocycles. The summed E-state index contributed by atoms with van der Waals surface area (Å²) in [5.41, 5.74) is 1.27. The first-order valence-electron chi connectivity index (χ1n) is 8.77. The number of ether oxygens (including phenoxy) is 2. The van der Waals surface area contributed by atoms with Crippen LogP contribution in [-0.4, -0.2) is 73.5 Å². The number of aromatic nitrogens is 1. The third-order valence-corrected chi connectivity index (χ3v) is 5.02. The van der Waals surface area contributed by atoms with Gasteiger partial charge < -0.3 is 14.8 Å². The maximum atomic E-state index is 12.4. The number of carbonyl (C=O) groups is 2. The van der Waals surface area contributed by atoms with Gasteiger partial charge in [-0.2, -0.15) is 0 Å². The van der Waals surface area contributed by atoms with Crippen molar-refractivity contribution in [1.82, 2.24) is 15.2 Å². The van der Waals surface area contributed by atoms with Crippen molar-refractivity contribution in [3.8, 4) is 0 Å². The van der Waals surface area contributed by atoms with Crippen molar-refractivity contribution in [1.29, 1.82) is 0 Å². The predicted molar refractivity (Wildman–Crippen MR) is 102 cm³/mol. The van der Waals surface area contributed by atoms with E-state index in [4.69, 9.17) is 9.47 Å². The van der Waals surface area contributed by atoms with Gasteiger partial charge in [0.15, 0.2) is 10.8 Å². The Bertz CT molecular complexity index is 757. The van der Waals surface area contributed by atoms with E-state index < -0.39 is 0 Å². The highest BCUT2D eigenvalue weighted by atomic mass is 32.1. The standard InChI is InChI=1S/C18H22N4O4S/c1-2-26-18(24)14-10-20-16(17-19-5-9-27-17)21-15(14)11-22-6-8-25-12-13(22)4-3-7-23/h3-5,7,9,13H,2,6,8,10-12H2,1H3,(H,20,21)/b4-3+. The Morgan fingerprint density at radius 3 is 3.19 bits per heavy atom. The first-order chi connectivity index (χ1) is 13.2. The van der Waals surface area contributed by atoms with Gasteiger partial charge in [-0.05, 0) is 13.0 Å². The lowest BCUT2D eigenvalue weighted by Gasteiger charge is -2.35. The fourth-order valence-corrected chi connectivity index (χ4v) is 3.52. The first-order valence-corrected chi connectivity index (χ1v) is 9.65. The Labute approximate surface area is 161 Å². The van der Waals surface area contributed by atoms with Gasteiger partial charge in [0.25, 0.3) is 0 Å². The Morgan fingerprint density at radius 1 is 1.56 bits per heavy atom. The molecule has 1 unspecified atom stereocenters. The Morgan fingerprint density at radius 2 is 2.44 bits per heavy atom. The molecule has 8 nitrogen and oxygen atoms in total. The summed E-state index contributed by atoms with van der Waals surface area (Å²) >= 11 is 1.48. The molecule has 1 fully saturated rings. The summed E-state index contributed by atoms with van der Waals surface area (Å²) in [6, 6.07) is -0.0381. The molecule has 0 amide bonds. The van der Waals surface area contributed by atoms with Gasteiger partial charge in [-0.1, -0.05) is 6.08 Å². The van der Waals surface area contributed by atoms with E-state index in [1.54, 1.807) is 13.1 Å². The largest absolute Gasteiger partial charge is 0.463 e. The van der Waals surface area contributed by atoms with E-state index in [1.807, 2.05) is 11.5 Å². The minimum Gasteiger partial charge on any atom is -0.463 e. The van der Waals surface area contributed by atoms with Gasteiger partial charge >= 0.3 is 5.97 Å². The molecule has 27 heavy (non-hydrogen) atoms. The van der Waals surface area contributed by atoms with E-state index in [9.17, 15) is 9.59 Å². The summed E-state index contributed by atoms with van der Waals surface area (Å²) in [6.45, 7) is 4.62. The molecule has 2 aliphatic heterocycles. The predicted octanol–water partition coefficient (Wildman–Crippen LogP) is 0.766. The van der Waals surface area contributed by atoms with Gasteiger partial charge in [-0.3, -0.25) is 14.7 Å². The monoisotopic (exact) mass is 390 g/mol. The molecule has 3 heterocycles. The molecule has 0 spiro atoms. The Hall–Kier alpha value is -2.36. The van der Waals surface area contributed by atoms with Crippen LogP contribution in [0, 0.1) is 0 Å². The molecule has 1 atom stereocenters. The summed E-state index contributed by atoms with van der Waals surface area (Å²) in [5.74, 6) is 0.288. The zero-order valence-electron chi connectivity index (χ0n) is 15.1. The van der Waals surface area contributed by atoms with Crippen molar-refractivity contribution < 1.29 is 19.1 Å². The molecule has 0 saturated carbocycles. The second-order valence-electron chi connectivity index (χ2n) is 5.94. The van der Waals surface area contributed by atoms with E-state index in [-0.39, 0.29) is 18.6 Å².